The van der Waals surface area contributed by atoms with Crippen LogP contribution >= 0.6 is 0 Å². The van der Waals surface area contributed by atoms with E-state index in [1.54, 1.807) is 0 Å². The average molecular weight is 631 g/mol. The molecule has 0 amide bonds. The van der Waals surface area contributed by atoms with Gasteiger partial charge in [-0.1, -0.05) is 152 Å². The molecule has 2 aromatic heterocycles. The molecule has 230 valence electrons. The highest BCUT2D eigenvalue weighted by molar-refractivity contribution is 6.15. The molecule has 0 aliphatic rings. The Kier molecular flexibility index (Phi) is 6.09. The third-order valence-corrected chi connectivity index (χ3v) is 8.77. The van der Waals surface area contributed by atoms with Crippen LogP contribution in [0.2, 0.25) is 0 Å². The first-order valence-electron chi connectivity index (χ1n) is 18.1. The molecular weight excluding hydrogens is 597 g/mol. The normalized spacial score (nSPS) is 12.4. The fourth-order valence-corrected chi connectivity index (χ4v) is 6.49. The monoisotopic (exact) mass is 630 g/mol. The van der Waals surface area contributed by atoms with Gasteiger partial charge < -0.3 is 4.57 Å². The number of hydrogen-bond donors (Lipinski definition) is 0. The largest absolute Gasteiger partial charge is 0.309 e. The molecule has 49 heavy (non-hydrogen) atoms. The Morgan fingerprint density at radius 1 is 0.408 bits per heavy atom. The van der Waals surface area contributed by atoms with E-state index in [9.17, 15) is 2.74 Å². The minimum Gasteiger partial charge on any atom is -0.309 e. The van der Waals surface area contributed by atoms with Crippen LogP contribution in [0, 0.1) is 0 Å². The highest BCUT2D eigenvalue weighted by atomic mass is 15.0. The van der Waals surface area contributed by atoms with Crippen LogP contribution in [-0.2, 0) is 0 Å². The second-order valence-corrected chi connectivity index (χ2v) is 11.8. The first kappa shape index (κ1) is 24.5. The van der Waals surface area contributed by atoms with Crippen molar-refractivity contribution in [3.05, 3.63) is 182 Å². The minimum atomic E-state index is -0.284. The van der Waals surface area contributed by atoms with E-state index in [-0.39, 0.29) is 24.2 Å². The second kappa shape index (κ2) is 12.2. The Labute approximate surface area is 290 Å². The summed E-state index contributed by atoms with van der Waals surface area (Å²) in [4.78, 5) is 14.7. The van der Waals surface area contributed by atoms with Gasteiger partial charge in [-0.3, -0.25) is 0 Å². The summed E-state index contributed by atoms with van der Waals surface area (Å²) in [7, 11) is 0. The van der Waals surface area contributed by atoms with Gasteiger partial charge in [0.15, 0.2) is 17.5 Å². The van der Waals surface area contributed by atoms with Crippen molar-refractivity contribution in [1.29, 1.82) is 0 Å². The van der Waals surface area contributed by atoms with E-state index in [1.807, 2.05) is 138 Å². The van der Waals surface area contributed by atoms with E-state index in [1.165, 1.54) is 0 Å². The van der Waals surface area contributed by atoms with Gasteiger partial charge in [-0.15, -0.1) is 0 Å². The third kappa shape index (κ3) is 5.26. The lowest BCUT2D eigenvalue weighted by Gasteiger charge is -2.12. The Hall–Kier alpha value is -6.65. The predicted molar refractivity (Wildman–Crippen MR) is 201 cm³/mol. The summed E-state index contributed by atoms with van der Waals surface area (Å²) in [5.41, 5.74) is 8.32. The van der Waals surface area contributed by atoms with Gasteiger partial charge in [-0.25, -0.2) is 15.0 Å². The molecule has 0 aliphatic carbocycles. The number of aromatic nitrogens is 4. The van der Waals surface area contributed by atoms with E-state index >= 15 is 0 Å². The molecule has 0 unspecified atom stereocenters. The van der Waals surface area contributed by atoms with Crippen LogP contribution in [-0.4, -0.2) is 19.5 Å². The SMILES string of the molecule is [2H]c1c([2H])c([2H])c2c(c1[2H])c1c(-c3cccc(-c4ccccc4)c3)cccc1n2-c1cccc(-c2nc(-c3ccccc3)nc(-c3ccccc3)n2)c1. The number of fused-ring (bicyclic) bond motifs is 3. The van der Waals surface area contributed by atoms with Crippen molar-refractivity contribution < 1.29 is 5.48 Å². The number of hydrogen-bond acceptors (Lipinski definition) is 3. The molecule has 0 saturated heterocycles. The van der Waals surface area contributed by atoms with Gasteiger partial charge in [0.2, 0.25) is 0 Å². The van der Waals surface area contributed by atoms with Gasteiger partial charge in [0.25, 0.3) is 0 Å². The van der Waals surface area contributed by atoms with Crippen LogP contribution in [0.5, 0.6) is 0 Å². The fourth-order valence-electron chi connectivity index (χ4n) is 6.49. The van der Waals surface area contributed by atoms with Crippen molar-refractivity contribution in [2.75, 3.05) is 0 Å². The zero-order valence-electron chi connectivity index (χ0n) is 30.3. The van der Waals surface area contributed by atoms with Gasteiger partial charge in [0, 0.05) is 33.2 Å². The Morgan fingerprint density at radius 3 is 1.63 bits per heavy atom. The van der Waals surface area contributed by atoms with Crippen LogP contribution < -0.4 is 0 Å². The second-order valence-electron chi connectivity index (χ2n) is 11.8. The van der Waals surface area contributed by atoms with Crippen LogP contribution in [0.1, 0.15) is 5.48 Å². The molecule has 0 radical (unpaired) electrons. The summed E-state index contributed by atoms with van der Waals surface area (Å²) in [6.45, 7) is 0. The lowest BCUT2D eigenvalue weighted by molar-refractivity contribution is 1.07. The maximum atomic E-state index is 9.19. The molecule has 9 rings (SSSR count). The molecule has 9 aromatic rings. The van der Waals surface area contributed by atoms with Crippen molar-refractivity contribution in [2.24, 2.45) is 0 Å². The summed E-state index contributed by atoms with van der Waals surface area (Å²) in [5, 5.41) is 1.22. The average Bonchev–Trinajstić information content (AvgIpc) is 3.59. The molecular formula is C45H30N4. The molecule has 4 nitrogen and oxygen atoms in total. The van der Waals surface area contributed by atoms with Gasteiger partial charge in [0.05, 0.1) is 16.5 Å². The zero-order valence-corrected chi connectivity index (χ0v) is 26.3. The minimum absolute atomic E-state index is 0.0787. The molecule has 0 saturated carbocycles. The highest BCUT2D eigenvalue weighted by Gasteiger charge is 2.18. The standard InChI is InChI=1S/C45H30N4/c1-4-15-31(16-5-1)34-21-12-22-35(29-34)38-26-14-28-41-42(38)39-25-10-11-27-40(39)49(41)37-24-13-23-36(30-37)45-47-43(32-17-6-2-7-18-32)46-44(48-45)33-19-8-3-9-20-33/h1-30H/i10D,11D,25D,27D. The van der Waals surface area contributed by atoms with Crippen molar-refractivity contribution in [3.8, 4) is 62.1 Å². The molecule has 0 spiro atoms. The smallest absolute Gasteiger partial charge is 0.164 e. The Balaban J connectivity index is 1.29. The van der Waals surface area contributed by atoms with Crippen molar-refractivity contribution in [2.45, 2.75) is 0 Å². The third-order valence-electron chi connectivity index (χ3n) is 8.77. The predicted octanol–water partition coefficient (Wildman–Crippen LogP) is 11.3. The van der Waals surface area contributed by atoms with Crippen molar-refractivity contribution in [3.63, 3.8) is 0 Å². The summed E-state index contributed by atoms with van der Waals surface area (Å²) >= 11 is 0. The topological polar surface area (TPSA) is 43.6 Å². The van der Waals surface area contributed by atoms with E-state index in [4.69, 9.17) is 17.7 Å². The molecule has 0 N–H and O–H groups in total. The van der Waals surface area contributed by atoms with Gasteiger partial charge in [-0.2, -0.15) is 0 Å². The summed E-state index contributed by atoms with van der Waals surface area (Å²) in [6.07, 6.45) is 0. The zero-order chi connectivity index (χ0) is 36.1. The molecule has 4 heteroatoms. The number of nitrogens with zero attached hydrogens (tertiary/aromatic N) is 4. The van der Waals surface area contributed by atoms with Crippen LogP contribution in [0.15, 0.2) is 182 Å². The number of rotatable bonds is 6. The molecule has 0 fully saturated rings. The summed E-state index contributed by atoms with van der Waals surface area (Å²) in [5.74, 6) is 1.59. The first-order valence-corrected chi connectivity index (χ1v) is 16.1. The molecule has 0 aliphatic heterocycles. The van der Waals surface area contributed by atoms with E-state index in [2.05, 4.69) is 24.3 Å². The molecule has 7 aromatic carbocycles. The maximum Gasteiger partial charge on any atom is 0.164 e. The van der Waals surface area contributed by atoms with E-state index in [0.29, 0.717) is 34.1 Å². The first-order chi connectivity index (χ1) is 26.0. The molecule has 0 atom stereocenters. The van der Waals surface area contributed by atoms with Gasteiger partial charge in [-0.05, 0) is 52.6 Å². The Morgan fingerprint density at radius 2 is 0.939 bits per heavy atom. The lowest BCUT2D eigenvalue weighted by Crippen LogP contribution is -2.01. The molecule has 2 heterocycles. The number of para-hydroxylation sites is 1. The van der Waals surface area contributed by atoms with Crippen molar-refractivity contribution >= 4 is 21.8 Å². The van der Waals surface area contributed by atoms with Crippen LogP contribution in [0.4, 0.5) is 0 Å². The Bertz CT molecular complexity index is 2760. The quantitative estimate of drug-likeness (QED) is 0.184. The maximum absolute atomic E-state index is 9.19. The lowest BCUT2D eigenvalue weighted by atomic mass is 9.96. The van der Waals surface area contributed by atoms with Crippen molar-refractivity contribution in [1.82, 2.24) is 19.5 Å². The van der Waals surface area contributed by atoms with E-state index in [0.717, 1.165) is 49.8 Å². The highest BCUT2D eigenvalue weighted by Crippen LogP contribution is 2.40. The van der Waals surface area contributed by atoms with Gasteiger partial charge >= 0.3 is 0 Å². The fraction of sp³-hybridized carbons (Fsp3) is 0. The van der Waals surface area contributed by atoms with Gasteiger partial charge in [0.1, 0.15) is 0 Å². The molecule has 0 bridgehead atoms. The van der Waals surface area contributed by atoms with E-state index < -0.39 is 0 Å². The van der Waals surface area contributed by atoms with Crippen LogP contribution in [0.3, 0.4) is 0 Å². The summed E-state index contributed by atoms with van der Waals surface area (Å²) in [6, 6.07) is 51.1. The summed E-state index contributed by atoms with van der Waals surface area (Å²) < 4.78 is 37.7. The van der Waals surface area contributed by atoms with Crippen LogP contribution in [0.25, 0.3) is 83.9 Å². The number of benzene rings is 7.